The van der Waals surface area contributed by atoms with Gasteiger partial charge >= 0.3 is 0 Å². The summed E-state index contributed by atoms with van der Waals surface area (Å²) in [7, 11) is 0. The van der Waals surface area contributed by atoms with Gasteiger partial charge in [0, 0.05) is 31.0 Å². The molecule has 8 nitrogen and oxygen atoms in total. The topological polar surface area (TPSA) is 122 Å². The molecule has 1 saturated carbocycles. The van der Waals surface area contributed by atoms with Crippen LogP contribution in [-0.2, 0) is 16.6 Å². The van der Waals surface area contributed by atoms with Crippen molar-refractivity contribution in [3.63, 3.8) is 0 Å². The number of ether oxygens (including phenoxy) is 1. The summed E-state index contributed by atoms with van der Waals surface area (Å²) >= 11 is 0. The normalized spacial score (nSPS) is 28.1. The molecular weight excluding hydrogens is 576 g/mol. The number of phenolic OH excluding ortho intramolecular Hbond substituents is 1. The largest absolute Gasteiger partial charge is 0.504 e. The van der Waals surface area contributed by atoms with Crippen molar-refractivity contribution in [1.82, 2.24) is 5.32 Å². The average molecular weight is 626 g/mol. The molecular formula is C38H49N4O4+. The molecule has 7 rings (SSSR count). The number of allylic oxidation sites excluding steroid dienone is 1. The van der Waals surface area contributed by atoms with Crippen molar-refractivity contribution < 1.29 is 24.6 Å². The van der Waals surface area contributed by atoms with E-state index in [9.17, 15) is 15.0 Å². The van der Waals surface area contributed by atoms with Crippen LogP contribution in [0.1, 0.15) is 105 Å². The summed E-state index contributed by atoms with van der Waals surface area (Å²) in [5.41, 5.74) is 15.4. The Bertz CT molecular complexity index is 1580. The Labute approximate surface area is 272 Å². The number of aryl methyl sites for hydroxylation is 1. The third kappa shape index (κ3) is 5.74. The van der Waals surface area contributed by atoms with Gasteiger partial charge in [-0.2, -0.15) is 0 Å². The smallest absolute Gasteiger partial charge is 0.227 e. The summed E-state index contributed by atoms with van der Waals surface area (Å²) < 4.78 is 6.19. The molecule has 244 valence electrons. The van der Waals surface area contributed by atoms with Crippen LogP contribution in [0.3, 0.4) is 0 Å². The monoisotopic (exact) mass is 625 g/mol. The second kappa shape index (κ2) is 13.1. The number of aliphatic hydroxyl groups is 1. The van der Waals surface area contributed by atoms with E-state index in [1.807, 2.05) is 12.1 Å². The first-order chi connectivity index (χ1) is 22.4. The van der Waals surface area contributed by atoms with Crippen molar-refractivity contribution in [2.24, 2.45) is 16.6 Å². The van der Waals surface area contributed by atoms with Crippen LogP contribution >= 0.6 is 0 Å². The molecule has 0 amide bonds. The van der Waals surface area contributed by atoms with Gasteiger partial charge in [-0.05, 0) is 83.9 Å². The molecule has 0 saturated heterocycles. The number of unbranched alkanes of at least 4 members (excludes halogenated alkanes) is 2. The molecule has 0 bridgehead atoms. The highest BCUT2D eigenvalue weighted by Crippen LogP contribution is 2.61. The summed E-state index contributed by atoms with van der Waals surface area (Å²) in [5, 5.41) is 24.3. The van der Waals surface area contributed by atoms with E-state index in [1.165, 1.54) is 47.1 Å². The van der Waals surface area contributed by atoms with Crippen molar-refractivity contribution in [3.05, 3.63) is 82.2 Å². The number of aromatic hydroxyl groups is 1. The molecule has 2 aromatic carbocycles. The predicted molar refractivity (Wildman–Crippen MR) is 179 cm³/mol. The molecule has 6 N–H and O–H groups in total. The number of ketones is 1. The van der Waals surface area contributed by atoms with Crippen LogP contribution in [0.5, 0.6) is 11.5 Å². The van der Waals surface area contributed by atoms with Crippen LogP contribution in [0.25, 0.3) is 0 Å². The van der Waals surface area contributed by atoms with Gasteiger partial charge in [0.05, 0.1) is 17.8 Å². The number of benzene rings is 2. The molecule has 0 radical (unpaired) electrons. The molecule has 1 unspecified atom stereocenters. The third-order valence-corrected chi connectivity index (χ3v) is 11.2. The third-order valence-electron chi connectivity index (χ3n) is 11.2. The van der Waals surface area contributed by atoms with Crippen molar-refractivity contribution in [1.29, 1.82) is 0 Å². The number of nitrogens with zero attached hydrogens (tertiary/aromatic N) is 1. The molecule has 0 spiro atoms. The van der Waals surface area contributed by atoms with E-state index in [4.69, 9.17) is 15.5 Å². The number of carbonyl (C=O) groups excluding carboxylic acids is 1. The molecule has 46 heavy (non-hydrogen) atoms. The van der Waals surface area contributed by atoms with Crippen molar-refractivity contribution in [2.75, 3.05) is 19.8 Å². The molecule has 3 aliphatic heterocycles. The number of aliphatic imine (C=N–C) groups is 1. The van der Waals surface area contributed by atoms with Gasteiger partial charge in [0.25, 0.3) is 0 Å². The Kier molecular flexibility index (Phi) is 8.89. The van der Waals surface area contributed by atoms with Crippen molar-refractivity contribution in [3.8, 4) is 11.5 Å². The van der Waals surface area contributed by atoms with E-state index in [1.54, 1.807) is 6.07 Å². The number of rotatable bonds is 13. The van der Waals surface area contributed by atoms with Crippen LogP contribution in [0.15, 0.2) is 64.9 Å². The second-order valence-electron chi connectivity index (χ2n) is 14.2. The Morgan fingerprint density at radius 3 is 3.02 bits per heavy atom. The lowest BCUT2D eigenvalue weighted by molar-refractivity contribution is -0.851. The van der Waals surface area contributed by atoms with Gasteiger partial charge < -0.3 is 20.7 Å². The Hall–Kier alpha value is -3.30. The molecule has 0 aromatic heterocycles. The fourth-order valence-electron chi connectivity index (χ4n) is 9.01. The zero-order valence-electron chi connectivity index (χ0n) is 27.1. The molecule has 1 fully saturated rings. The number of phenols is 1. The number of quaternary nitrogens is 1. The van der Waals surface area contributed by atoms with E-state index in [-0.39, 0.29) is 29.5 Å². The van der Waals surface area contributed by atoms with Crippen LogP contribution in [0.2, 0.25) is 0 Å². The number of hydrogen-bond acceptors (Lipinski definition) is 7. The summed E-state index contributed by atoms with van der Waals surface area (Å²) in [4.78, 5) is 18.6. The lowest BCUT2D eigenvalue weighted by Crippen LogP contribution is -3.07. The number of carbonyl (C=O) groups is 1. The highest BCUT2D eigenvalue weighted by atomic mass is 16.5. The first-order valence-electron chi connectivity index (χ1n) is 17.5. The molecule has 2 aromatic rings. The number of aliphatic hydroxyl groups excluding tert-OH is 1. The SMILES string of the molecule is CCCCC[C@@H](O)CC(=O)CCc1ccc(O)c(OC[NH+]2C=C3C([C@@]45CCC[C@@H]4C[C@H]4CN[C@H](N)c6cccc5c64)=CN=C3C2)c1. The Balaban J connectivity index is 1.02. The number of nitrogens with two attached hydrogens (primary N) is 1. The first kappa shape index (κ1) is 31.3. The maximum atomic E-state index is 12.5. The maximum absolute atomic E-state index is 12.5. The maximum Gasteiger partial charge on any atom is 0.227 e. The Morgan fingerprint density at radius 1 is 1.26 bits per heavy atom. The van der Waals surface area contributed by atoms with E-state index in [0.717, 1.165) is 54.9 Å². The van der Waals surface area contributed by atoms with Gasteiger partial charge in [-0.15, -0.1) is 0 Å². The Morgan fingerprint density at radius 2 is 2.15 bits per heavy atom. The molecule has 6 atom stereocenters. The van der Waals surface area contributed by atoms with Crippen molar-refractivity contribution >= 4 is 11.5 Å². The summed E-state index contributed by atoms with van der Waals surface area (Å²) in [6.45, 7) is 4.19. The van der Waals surface area contributed by atoms with Crippen molar-refractivity contribution in [2.45, 2.75) is 101 Å². The van der Waals surface area contributed by atoms with Gasteiger partial charge in [-0.25, -0.2) is 0 Å². The van der Waals surface area contributed by atoms with Crippen LogP contribution in [0.4, 0.5) is 0 Å². The van der Waals surface area contributed by atoms with Crippen LogP contribution in [-0.4, -0.2) is 47.6 Å². The lowest BCUT2D eigenvalue weighted by atomic mass is 9.56. The van der Waals surface area contributed by atoms with Gasteiger partial charge in [-0.3, -0.25) is 20.0 Å². The minimum atomic E-state index is -0.558. The van der Waals surface area contributed by atoms with E-state index in [0.29, 0.717) is 43.6 Å². The fraction of sp³-hybridized carbons (Fsp3) is 0.526. The first-order valence-corrected chi connectivity index (χ1v) is 17.5. The zero-order chi connectivity index (χ0) is 31.8. The van der Waals surface area contributed by atoms with Gasteiger partial charge in [0.15, 0.2) is 11.5 Å². The van der Waals surface area contributed by atoms with Crippen LogP contribution in [0, 0.1) is 5.92 Å². The average Bonchev–Trinajstić information content (AvgIpc) is 3.77. The minimum Gasteiger partial charge on any atom is -0.504 e. The number of nitrogens with one attached hydrogen (secondary N) is 2. The quantitative estimate of drug-likeness (QED) is 0.210. The zero-order valence-corrected chi connectivity index (χ0v) is 27.1. The highest BCUT2D eigenvalue weighted by molar-refractivity contribution is 6.08. The molecule has 2 aliphatic carbocycles. The lowest BCUT2D eigenvalue weighted by Gasteiger charge is -2.48. The molecule has 5 aliphatic rings. The van der Waals surface area contributed by atoms with Gasteiger partial charge in [-0.1, -0.05) is 56.9 Å². The van der Waals surface area contributed by atoms with Gasteiger partial charge in [0.1, 0.15) is 24.2 Å². The van der Waals surface area contributed by atoms with E-state index < -0.39 is 6.10 Å². The second-order valence-corrected chi connectivity index (χ2v) is 14.2. The highest BCUT2D eigenvalue weighted by Gasteiger charge is 2.55. The molecule has 3 heterocycles. The molecule has 8 heteroatoms. The van der Waals surface area contributed by atoms with E-state index >= 15 is 0 Å². The standard InChI is InChI=1S/C38H48N4O4/c1-2-3-4-8-27(43)18-28(44)13-11-24-12-14-34(45)35(16-24)46-23-42-21-30-32(20-40-33(30)22-42)38-15-6-7-26(38)17-25-19-41-37(39)29-9-5-10-31(38)36(25)29/h5,9-10,12,14,16,20-21,25-27,37,41,43,45H,2-4,6-8,11,13,15,17-19,22-23,39H2,1H3/p+1/t25-,26+,27+,37-,38-/m0/s1. The summed E-state index contributed by atoms with van der Waals surface area (Å²) in [6, 6.07) is 12.1. The number of hydrogen-bond donors (Lipinski definition) is 5. The van der Waals surface area contributed by atoms with E-state index in [2.05, 4.69) is 42.8 Å². The predicted octanol–water partition coefficient (Wildman–Crippen LogP) is 4.47. The number of fused-ring (bicyclic) bond motifs is 3. The summed E-state index contributed by atoms with van der Waals surface area (Å²) in [6.07, 6.45) is 13.5. The fourth-order valence-corrected chi connectivity index (χ4v) is 9.01. The van der Waals surface area contributed by atoms with Crippen LogP contribution < -0.4 is 20.7 Å². The minimum absolute atomic E-state index is 0.0259. The summed E-state index contributed by atoms with van der Waals surface area (Å²) in [5.74, 6) is 1.70. The number of Topliss-reactive ketones (excluding diaryl/α,β-unsaturated/α-hetero) is 1. The van der Waals surface area contributed by atoms with Gasteiger partial charge in [0.2, 0.25) is 6.73 Å².